The van der Waals surface area contributed by atoms with Gasteiger partial charge in [-0.15, -0.1) is 0 Å². The summed E-state index contributed by atoms with van der Waals surface area (Å²) >= 11 is 0. The van der Waals surface area contributed by atoms with E-state index in [0.717, 1.165) is 25.3 Å². The van der Waals surface area contributed by atoms with Crippen LogP contribution in [0.2, 0.25) is 0 Å². The summed E-state index contributed by atoms with van der Waals surface area (Å²) < 4.78 is 5.77. The molecule has 1 amide bonds. The second-order valence-corrected chi connectivity index (χ2v) is 5.74. The second kappa shape index (κ2) is 5.79. The lowest BCUT2D eigenvalue weighted by Gasteiger charge is -2.27. The molecular weight excluding hydrogens is 254 g/mol. The van der Waals surface area contributed by atoms with Gasteiger partial charge in [0.05, 0.1) is 6.20 Å². The fraction of sp³-hybridized carbons (Fsp3) is 0.600. The van der Waals surface area contributed by atoms with Crippen LogP contribution in [0.15, 0.2) is 18.5 Å². The number of amides is 1. The van der Waals surface area contributed by atoms with E-state index < -0.39 is 0 Å². The van der Waals surface area contributed by atoms with E-state index in [1.165, 1.54) is 12.0 Å². The molecule has 1 aromatic heterocycles. The number of aromatic nitrogens is 1. The standard InChI is InChI=1S/C15H21N3O2/c1-10(19)18-7-12-5-15(12)11-4-14(8-16-6-11)20-9-13-2-3-17-13/h4,6,8,12-13,15,17H,2-3,5,7,9H2,1H3,(H,18,19)/t12-,13+,15-/m1/s1. The first-order chi connectivity index (χ1) is 9.72. The largest absolute Gasteiger partial charge is 0.490 e. The summed E-state index contributed by atoms with van der Waals surface area (Å²) in [6.07, 6.45) is 5.99. The highest BCUT2D eigenvalue weighted by atomic mass is 16.5. The summed E-state index contributed by atoms with van der Waals surface area (Å²) in [5, 5.41) is 6.19. The zero-order chi connectivity index (χ0) is 13.9. The first-order valence-corrected chi connectivity index (χ1v) is 7.28. The molecule has 0 spiro atoms. The van der Waals surface area contributed by atoms with Crippen molar-refractivity contribution in [3.8, 4) is 5.75 Å². The molecule has 2 heterocycles. The van der Waals surface area contributed by atoms with Crippen LogP contribution in [0.25, 0.3) is 0 Å². The zero-order valence-corrected chi connectivity index (χ0v) is 11.8. The van der Waals surface area contributed by atoms with Crippen LogP contribution < -0.4 is 15.4 Å². The summed E-state index contributed by atoms with van der Waals surface area (Å²) in [5.41, 5.74) is 1.22. The van der Waals surface area contributed by atoms with Crippen LogP contribution in [0.5, 0.6) is 5.75 Å². The molecule has 1 aromatic rings. The van der Waals surface area contributed by atoms with Gasteiger partial charge in [0.25, 0.3) is 0 Å². The monoisotopic (exact) mass is 275 g/mol. The molecule has 5 nitrogen and oxygen atoms in total. The zero-order valence-electron chi connectivity index (χ0n) is 11.8. The Kier molecular flexibility index (Phi) is 3.87. The number of ether oxygens (including phenoxy) is 1. The van der Waals surface area contributed by atoms with Crippen molar-refractivity contribution in [3.05, 3.63) is 24.0 Å². The highest BCUT2D eigenvalue weighted by molar-refractivity contribution is 5.72. The van der Waals surface area contributed by atoms with Crippen molar-refractivity contribution in [2.45, 2.75) is 31.7 Å². The van der Waals surface area contributed by atoms with Crippen LogP contribution >= 0.6 is 0 Å². The molecule has 108 valence electrons. The van der Waals surface area contributed by atoms with E-state index in [9.17, 15) is 4.79 Å². The van der Waals surface area contributed by atoms with Gasteiger partial charge >= 0.3 is 0 Å². The molecule has 1 saturated carbocycles. The Morgan fingerprint density at radius 3 is 3.10 bits per heavy atom. The van der Waals surface area contributed by atoms with E-state index in [-0.39, 0.29) is 5.91 Å². The molecule has 1 saturated heterocycles. The van der Waals surface area contributed by atoms with Crippen molar-refractivity contribution in [2.75, 3.05) is 19.7 Å². The number of nitrogens with one attached hydrogen (secondary N) is 2. The highest BCUT2D eigenvalue weighted by Crippen LogP contribution is 2.47. The first kappa shape index (κ1) is 13.4. The normalized spacial score (nSPS) is 27.6. The minimum atomic E-state index is 0.0406. The Labute approximate surface area is 119 Å². The number of rotatable bonds is 6. The number of pyridine rings is 1. The van der Waals surface area contributed by atoms with Crippen LogP contribution in [-0.2, 0) is 4.79 Å². The number of nitrogens with zero attached hydrogens (tertiary/aromatic N) is 1. The molecule has 2 N–H and O–H groups in total. The smallest absolute Gasteiger partial charge is 0.216 e. The maximum absolute atomic E-state index is 10.9. The van der Waals surface area contributed by atoms with Crippen molar-refractivity contribution in [1.82, 2.24) is 15.6 Å². The number of hydrogen-bond donors (Lipinski definition) is 2. The van der Waals surface area contributed by atoms with Gasteiger partial charge in [-0.3, -0.25) is 9.78 Å². The summed E-state index contributed by atoms with van der Waals surface area (Å²) in [6.45, 7) is 4.13. The minimum Gasteiger partial charge on any atom is -0.490 e. The van der Waals surface area contributed by atoms with Crippen LogP contribution in [0, 0.1) is 5.92 Å². The predicted molar refractivity (Wildman–Crippen MR) is 75.7 cm³/mol. The Bertz CT molecular complexity index is 488. The van der Waals surface area contributed by atoms with Gasteiger partial charge in [-0.25, -0.2) is 0 Å². The van der Waals surface area contributed by atoms with Crippen LogP contribution in [0.3, 0.4) is 0 Å². The molecule has 0 bridgehead atoms. The molecule has 0 radical (unpaired) electrons. The lowest BCUT2D eigenvalue weighted by atomic mass is 10.1. The fourth-order valence-corrected chi connectivity index (χ4v) is 2.56. The van der Waals surface area contributed by atoms with Gasteiger partial charge < -0.3 is 15.4 Å². The Morgan fingerprint density at radius 1 is 1.55 bits per heavy atom. The fourth-order valence-electron chi connectivity index (χ4n) is 2.56. The van der Waals surface area contributed by atoms with Crippen LogP contribution in [0.4, 0.5) is 0 Å². The third-order valence-corrected chi connectivity index (χ3v) is 4.08. The minimum absolute atomic E-state index is 0.0406. The maximum atomic E-state index is 10.9. The second-order valence-electron chi connectivity index (χ2n) is 5.74. The Balaban J connectivity index is 1.51. The van der Waals surface area contributed by atoms with Crippen molar-refractivity contribution < 1.29 is 9.53 Å². The molecule has 2 aliphatic rings. The molecule has 0 aromatic carbocycles. The van der Waals surface area contributed by atoms with E-state index in [2.05, 4.69) is 21.7 Å². The van der Waals surface area contributed by atoms with E-state index in [4.69, 9.17) is 4.74 Å². The summed E-state index contributed by atoms with van der Waals surface area (Å²) in [6, 6.07) is 2.58. The van der Waals surface area contributed by atoms with Crippen molar-refractivity contribution in [1.29, 1.82) is 0 Å². The SMILES string of the molecule is CC(=O)NC[C@H]1C[C@@H]1c1cncc(OC[C@@H]2CCN2)c1. The summed E-state index contributed by atoms with van der Waals surface area (Å²) in [7, 11) is 0. The Hall–Kier alpha value is -1.62. The quantitative estimate of drug-likeness (QED) is 0.815. The molecule has 0 unspecified atom stereocenters. The molecule has 1 aliphatic heterocycles. The van der Waals surface area contributed by atoms with Gasteiger partial charge in [0.15, 0.2) is 0 Å². The van der Waals surface area contributed by atoms with Crippen LogP contribution in [0.1, 0.15) is 31.2 Å². The van der Waals surface area contributed by atoms with Gasteiger partial charge in [0, 0.05) is 25.7 Å². The molecular formula is C15H21N3O2. The molecule has 20 heavy (non-hydrogen) atoms. The van der Waals surface area contributed by atoms with Gasteiger partial charge in [0.1, 0.15) is 12.4 Å². The van der Waals surface area contributed by atoms with E-state index in [1.54, 1.807) is 13.1 Å². The molecule has 2 fully saturated rings. The average Bonchev–Trinajstić information content (AvgIpc) is 3.14. The average molecular weight is 275 g/mol. The number of carbonyl (C=O) groups is 1. The van der Waals surface area contributed by atoms with Gasteiger partial charge in [-0.1, -0.05) is 0 Å². The molecule has 3 rings (SSSR count). The van der Waals surface area contributed by atoms with Crippen molar-refractivity contribution >= 4 is 5.91 Å². The van der Waals surface area contributed by atoms with Crippen molar-refractivity contribution in [3.63, 3.8) is 0 Å². The topological polar surface area (TPSA) is 63.2 Å². The number of hydrogen-bond acceptors (Lipinski definition) is 4. The molecule has 1 aliphatic carbocycles. The number of carbonyl (C=O) groups excluding carboxylic acids is 1. The lowest BCUT2D eigenvalue weighted by molar-refractivity contribution is -0.119. The Morgan fingerprint density at radius 2 is 2.40 bits per heavy atom. The lowest BCUT2D eigenvalue weighted by Crippen LogP contribution is -2.46. The summed E-state index contributed by atoms with van der Waals surface area (Å²) in [5.74, 6) is 1.95. The predicted octanol–water partition coefficient (Wildman–Crippen LogP) is 1.06. The summed E-state index contributed by atoms with van der Waals surface area (Å²) in [4.78, 5) is 15.2. The van der Waals surface area contributed by atoms with Gasteiger partial charge in [-0.05, 0) is 42.9 Å². The van der Waals surface area contributed by atoms with Gasteiger partial charge in [-0.2, -0.15) is 0 Å². The van der Waals surface area contributed by atoms with Crippen molar-refractivity contribution in [2.24, 2.45) is 5.92 Å². The third-order valence-electron chi connectivity index (χ3n) is 4.08. The first-order valence-electron chi connectivity index (χ1n) is 7.28. The highest BCUT2D eigenvalue weighted by Gasteiger charge is 2.38. The van der Waals surface area contributed by atoms with Crippen LogP contribution in [-0.4, -0.2) is 36.6 Å². The molecule has 3 atom stereocenters. The van der Waals surface area contributed by atoms with E-state index >= 15 is 0 Å². The van der Waals surface area contributed by atoms with E-state index in [0.29, 0.717) is 24.5 Å². The third kappa shape index (κ3) is 3.28. The van der Waals surface area contributed by atoms with Gasteiger partial charge in [0.2, 0.25) is 5.91 Å². The van der Waals surface area contributed by atoms with E-state index in [1.807, 2.05) is 6.20 Å². The molecule has 5 heteroatoms. The maximum Gasteiger partial charge on any atom is 0.216 e.